The van der Waals surface area contributed by atoms with Crippen molar-refractivity contribution < 1.29 is 4.79 Å². The van der Waals surface area contributed by atoms with Gasteiger partial charge in [0.25, 0.3) is 11.5 Å². The summed E-state index contributed by atoms with van der Waals surface area (Å²) >= 11 is 3.59. The molecule has 0 saturated carbocycles. The highest BCUT2D eigenvalue weighted by Gasteiger charge is 2.33. The fourth-order valence-electron chi connectivity index (χ4n) is 5.16. The molecule has 0 saturated heterocycles. The summed E-state index contributed by atoms with van der Waals surface area (Å²) in [5.74, 6) is -0.303. The number of nitrogens with one attached hydrogen (secondary N) is 2. The predicted molar refractivity (Wildman–Crippen MR) is 167 cm³/mol. The molecule has 8 heteroatoms. The Bertz CT molecular complexity index is 1820. The summed E-state index contributed by atoms with van der Waals surface area (Å²) in [6.07, 6.45) is 2.07. The number of hydrazone groups is 2. The van der Waals surface area contributed by atoms with Gasteiger partial charge in [0.2, 0.25) is 0 Å². The van der Waals surface area contributed by atoms with Gasteiger partial charge in [-0.2, -0.15) is 10.2 Å². The summed E-state index contributed by atoms with van der Waals surface area (Å²) in [6, 6.07) is 34.9. The van der Waals surface area contributed by atoms with Gasteiger partial charge in [0, 0.05) is 27.4 Å². The second-order valence-corrected chi connectivity index (χ2v) is 10.7. The predicted octanol–water partition coefficient (Wildman–Crippen LogP) is 6.26. The Morgan fingerprint density at radius 2 is 1.63 bits per heavy atom. The maximum Gasteiger partial charge on any atom is 0.261 e. The van der Waals surface area contributed by atoms with Crippen LogP contribution in [0.1, 0.15) is 29.2 Å². The number of amides is 1. The minimum Gasteiger partial charge on any atom is -0.321 e. The molecule has 202 valence electrons. The highest BCUT2D eigenvalue weighted by Crippen LogP contribution is 2.37. The zero-order chi connectivity index (χ0) is 28.2. The zero-order valence-electron chi connectivity index (χ0n) is 22.0. The molecule has 1 amide bonds. The second-order valence-electron chi connectivity index (χ2n) is 9.74. The van der Waals surface area contributed by atoms with E-state index in [0.717, 1.165) is 37.6 Å². The molecule has 1 aliphatic rings. The van der Waals surface area contributed by atoms with Crippen LogP contribution in [0.4, 0.5) is 0 Å². The smallest absolute Gasteiger partial charge is 0.261 e. The van der Waals surface area contributed by atoms with Gasteiger partial charge in [0.15, 0.2) is 0 Å². The van der Waals surface area contributed by atoms with Crippen molar-refractivity contribution in [1.82, 2.24) is 15.4 Å². The average molecular weight is 605 g/mol. The number of halogens is 1. The van der Waals surface area contributed by atoms with Crippen LogP contribution in [0, 0.1) is 0 Å². The number of carbonyl (C=O) groups is 1. The molecule has 1 aromatic heterocycles. The van der Waals surface area contributed by atoms with E-state index in [2.05, 4.69) is 31.4 Å². The fraction of sp³-hybridized carbons (Fsp3) is 0.0909. The van der Waals surface area contributed by atoms with E-state index in [1.807, 2.05) is 109 Å². The van der Waals surface area contributed by atoms with Crippen molar-refractivity contribution in [3.8, 4) is 11.1 Å². The zero-order valence-corrected chi connectivity index (χ0v) is 23.6. The normalized spacial score (nSPS) is 14.9. The lowest BCUT2D eigenvalue weighted by Gasteiger charge is -2.22. The molecule has 6 rings (SSSR count). The van der Waals surface area contributed by atoms with E-state index in [1.54, 1.807) is 11.2 Å². The third-order valence-corrected chi connectivity index (χ3v) is 7.51. The molecule has 5 aromatic rings. The van der Waals surface area contributed by atoms with Crippen LogP contribution < -0.4 is 11.0 Å². The Labute approximate surface area is 245 Å². The molecular weight excluding hydrogens is 578 g/mol. The first-order chi connectivity index (χ1) is 20.1. The van der Waals surface area contributed by atoms with Gasteiger partial charge in [0.1, 0.15) is 6.54 Å². The number of pyridine rings is 1. The highest BCUT2D eigenvalue weighted by atomic mass is 79.9. The van der Waals surface area contributed by atoms with Gasteiger partial charge < -0.3 is 4.98 Å². The standard InChI is InChI=1S/C33H26BrN5O2/c34-25-16-17-27-26(18-25)31(24-14-8-3-9-15-24)32(33(41)36-27)28-19-29(23-12-6-2-7-13-23)39(38-28)21-30(40)37-35-20-22-10-4-1-5-11-22/h1-18,20,29H,19,21H2,(H,36,41)(H,37,40)/b35-20+. The number of carbonyl (C=O) groups excluding carboxylic acids is 1. The van der Waals surface area contributed by atoms with Crippen molar-refractivity contribution in [2.75, 3.05) is 6.54 Å². The molecule has 2 heterocycles. The number of rotatable bonds is 7. The Hall–Kier alpha value is -4.82. The SMILES string of the molecule is O=C(CN1N=C(c2c(-c3ccccc3)c3cc(Br)ccc3[nH]c2=O)CC1c1ccccc1)N/N=C/c1ccccc1. The van der Waals surface area contributed by atoms with E-state index < -0.39 is 0 Å². The molecule has 41 heavy (non-hydrogen) atoms. The van der Waals surface area contributed by atoms with Gasteiger partial charge in [-0.25, -0.2) is 5.43 Å². The van der Waals surface area contributed by atoms with Crippen molar-refractivity contribution >= 4 is 44.7 Å². The van der Waals surface area contributed by atoms with Gasteiger partial charge in [-0.15, -0.1) is 0 Å². The van der Waals surface area contributed by atoms with Gasteiger partial charge >= 0.3 is 0 Å². The van der Waals surface area contributed by atoms with Crippen LogP contribution in [-0.4, -0.2) is 34.4 Å². The molecule has 7 nitrogen and oxygen atoms in total. The van der Waals surface area contributed by atoms with Crippen LogP contribution in [-0.2, 0) is 4.79 Å². The first-order valence-electron chi connectivity index (χ1n) is 13.2. The fourth-order valence-corrected chi connectivity index (χ4v) is 5.52. The average Bonchev–Trinajstić information content (AvgIpc) is 3.41. The second kappa shape index (κ2) is 11.7. The lowest BCUT2D eigenvalue weighted by molar-refractivity contribution is -0.122. The summed E-state index contributed by atoms with van der Waals surface area (Å²) in [7, 11) is 0. The van der Waals surface area contributed by atoms with E-state index >= 15 is 0 Å². The Kier molecular flexibility index (Phi) is 7.56. The monoisotopic (exact) mass is 603 g/mol. The van der Waals surface area contributed by atoms with Crippen LogP contribution in [0.3, 0.4) is 0 Å². The summed E-state index contributed by atoms with van der Waals surface area (Å²) < 4.78 is 0.907. The molecule has 0 fully saturated rings. The van der Waals surface area contributed by atoms with E-state index in [4.69, 9.17) is 5.10 Å². The van der Waals surface area contributed by atoms with Crippen molar-refractivity contribution in [2.45, 2.75) is 12.5 Å². The molecular formula is C33H26BrN5O2. The van der Waals surface area contributed by atoms with Crippen molar-refractivity contribution in [2.24, 2.45) is 10.2 Å². The summed E-state index contributed by atoms with van der Waals surface area (Å²) in [5.41, 5.74) is 7.89. The minimum atomic E-state index is -0.303. The van der Waals surface area contributed by atoms with Crippen LogP contribution in [0.5, 0.6) is 0 Å². The number of aromatic nitrogens is 1. The number of hydrogen-bond acceptors (Lipinski definition) is 5. The van der Waals surface area contributed by atoms with Gasteiger partial charge in [-0.3, -0.25) is 14.6 Å². The van der Waals surface area contributed by atoms with E-state index in [9.17, 15) is 9.59 Å². The molecule has 4 aromatic carbocycles. The van der Waals surface area contributed by atoms with E-state index in [1.165, 1.54) is 0 Å². The number of aromatic amines is 1. The number of benzene rings is 4. The highest BCUT2D eigenvalue weighted by molar-refractivity contribution is 9.10. The van der Waals surface area contributed by atoms with Gasteiger partial charge in [-0.05, 0) is 34.9 Å². The topological polar surface area (TPSA) is 89.9 Å². The largest absolute Gasteiger partial charge is 0.321 e. The first-order valence-corrected chi connectivity index (χ1v) is 14.0. The molecule has 0 bridgehead atoms. The summed E-state index contributed by atoms with van der Waals surface area (Å²) in [5, 5.41) is 11.7. The quantitative estimate of drug-likeness (QED) is 0.170. The molecule has 1 atom stereocenters. The van der Waals surface area contributed by atoms with E-state index in [0.29, 0.717) is 17.7 Å². The molecule has 0 spiro atoms. The number of fused-ring (bicyclic) bond motifs is 1. The maximum atomic E-state index is 13.7. The number of nitrogens with zero attached hydrogens (tertiary/aromatic N) is 3. The van der Waals surface area contributed by atoms with Gasteiger partial charge in [-0.1, -0.05) is 107 Å². The summed E-state index contributed by atoms with van der Waals surface area (Å²) in [6.45, 7) is -0.0209. The molecule has 1 aliphatic heterocycles. The molecule has 0 aliphatic carbocycles. The summed E-state index contributed by atoms with van der Waals surface area (Å²) in [4.78, 5) is 29.7. The lowest BCUT2D eigenvalue weighted by Crippen LogP contribution is -2.32. The molecule has 2 N–H and O–H groups in total. The molecule has 0 radical (unpaired) electrons. The van der Waals surface area contributed by atoms with Crippen molar-refractivity contribution in [3.63, 3.8) is 0 Å². The van der Waals surface area contributed by atoms with Gasteiger partial charge in [0.05, 0.1) is 23.5 Å². The molecule has 1 unspecified atom stereocenters. The minimum absolute atomic E-state index is 0.0209. The van der Waals surface area contributed by atoms with Crippen LogP contribution in [0.15, 0.2) is 129 Å². The van der Waals surface area contributed by atoms with Crippen LogP contribution in [0.2, 0.25) is 0 Å². The van der Waals surface area contributed by atoms with E-state index in [-0.39, 0.29) is 24.1 Å². The lowest BCUT2D eigenvalue weighted by atomic mass is 9.91. The number of hydrogen-bond donors (Lipinski definition) is 2. The maximum absolute atomic E-state index is 13.7. The third-order valence-electron chi connectivity index (χ3n) is 7.02. The van der Waals surface area contributed by atoms with Crippen molar-refractivity contribution in [3.05, 3.63) is 141 Å². The first kappa shape index (κ1) is 26.4. The Morgan fingerprint density at radius 1 is 0.951 bits per heavy atom. The Morgan fingerprint density at radius 3 is 2.37 bits per heavy atom. The Balaban J connectivity index is 1.40. The van der Waals surface area contributed by atoms with Crippen LogP contribution in [0.25, 0.3) is 22.0 Å². The number of H-pyrrole nitrogens is 1. The third kappa shape index (κ3) is 5.73. The van der Waals surface area contributed by atoms with Crippen LogP contribution >= 0.6 is 15.9 Å². The van der Waals surface area contributed by atoms with Crippen molar-refractivity contribution in [1.29, 1.82) is 0 Å².